The molecule has 122 heavy (non-hydrogen) atoms. The van der Waals surface area contributed by atoms with E-state index in [2.05, 4.69) is 116 Å². The van der Waals surface area contributed by atoms with Gasteiger partial charge in [-0.1, -0.05) is 159 Å². The number of rotatable bonds is 11. The lowest BCUT2D eigenvalue weighted by Gasteiger charge is -2.31. The van der Waals surface area contributed by atoms with Crippen molar-refractivity contribution in [3.63, 3.8) is 0 Å². The molecule has 5 aliphatic rings. The number of amides is 1. The van der Waals surface area contributed by atoms with Gasteiger partial charge in [0.05, 0.1) is 59.9 Å². The van der Waals surface area contributed by atoms with E-state index in [0.717, 1.165) is 34.7 Å². The van der Waals surface area contributed by atoms with Crippen LogP contribution < -0.4 is 39.3 Å². The summed E-state index contributed by atoms with van der Waals surface area (Å²) < 4.78 is 66.2. The van der Waals surface area contributed by atoms with Crippen molar-refractivity contribution in [2.24, 2.45) is 45.0 Å². The van der Waals surface area contributed by atoms with Crippen LogP contribution in [0.1, 0.15) is 84.0 Å². The number of H-pyrrole nitrogens is 1. The molecular formula is C78H63Cl10F4N20O7PS2. The number of aromatic carboxylic acids is 1. The maximum absolute atomic E-state index is 14.8. The average molecular weight is 1920 g/mol. The summed E-state index contributed by atoms with van der Waals surface area (Å²) in [5.74, 6) is 5.65. The third-order valence-electron chi connectivity index (χ3n) is 18.0. The summed E-state index contributed by atoms with van der Waals surface area (Å²) in [6.07, 6.45) is 14.7. The van der Waals surface area contributed by atoms with Crippen molar-refractivity contribution in [2.45, 2.75) is 53.5 Å². The first-order valence-corrected chi connectivity index (χ1v) is 44.0. The van der Waals surface area contributed by atoms with E-state index in [0.29, 0.717) is 109 Å². The predicted octanol–water partition coefficient (Wildman–Crippen LogP) is 18.0. The number of benzene rings is 4. The van der Waals surface area contributed by atoms with Gasteiger partial charge in [-0.15, -0.1) is 5.10 Å². The van der Waals surface area contributed by atoms with Crippen LogP contribution in [0.25, 0.3) is 32.7 Å². The van der Waals surface area contributed by atoms with E-state index in [1.165, 1.54) is 102 Å². The van der Waals surface area contributed by atoms with Gasteiger partial charge in [-0.2, -0.15) is 20.4 Å². The number of nitrogens with one attached hydrogen (secondary N) is 1. The highest BCUT2D eigenvalue weighted by molar-refractivity contribution is 8.24. The largest absolute Gasteiger partial charge is 0.477 e. The van der Waals surface area contributed by atoms with E-state index < -0.39 is 53.5 Å². The fraction of sp³-hybridized carbons (Fsp3) is 0.167. The van der Waals surface area contributed by atoms with Crippen molar-refractivity contribution in [2.75, 3.05) is 24.0 Å². The molecule has 2 aliphatic carbocycles. The van der Waals surface area contributed by atoms with Gasteiger partial charge in [-0.05, 0) is 149 Å². The van der Waals surface area contributed by atoms with Crippen LogP contribution in [0.4, 0.5) is 28.9 Å². The second-order valence-corrected chi connectivity index (χ2v) is 38.3. The van der Waals surface area contributed by atoms with Crippen molar-refractivity contribution in [1.29, 1.82) is 0 Å². The molecule has 27 nitrogen and oxygen atoms in total. The fourth-order valence-electron chi connectivity index (χ4n) is 12.5. The summed E-state index contributed by atoms with van der Waals surface area (Å²) in [5.41, 5.74) is 21.3. The van der Waals surface area contributed by atoms with Crippen LogP contribution in [0.15, 0.2) is 216 Å². The Kier molecular flexibility index (Phi) is 33.5. The van der Waals surface area contributed by atoms with Crippen molar-refractivity contribution < 1.29 is 46.7 Å². The lowest BCUT2D eigenvalue weighted by molar-refractivity contribution is 0.0689. The Morgan fingerprint density at radius 2 is 1.02 bits per heavy atom. The van der Waals surface area contributed by atoms with E-state index in [-0.39, 0.29) is 62.1 Å². The number of aliphatic hydroxyl groups excluding tert-OH is 1. The first kappa shape index (κ1) is 94.6. The van der Waals surface area contributed by atoms with E-state index in [4.69, 9.17) is 104 Å². The summed E-state index contributed by atoms with van der Waals surface area (Å²) in [4.78, 5) is 78.9. The number of hydrazine groups is 1. The number of para-hydroxylation sites is 1. The Balaban J connectivity index is 0.000000151. The number of carbonyl (C=O) groups is 3. The SMILES string of the molecule is Clc1cnc2c(Cl)nncc2c1.NC1=N[C@](CF)(c2cc(Cc3nncc4cc(Cl)cnc34)ccc2F)[C@@H]2C[C@@H]2S1.NC1=N[C@](CF)(c2cc(N)ccc2F)[C@@H]2C[C@@H]2S1.NN.O=C(Cc1ccccc1)c1ccc(Cl)cn1.O=C(O)c1ccc(Cl)cn1.O=C1c2ncc(Cl)cc2C(O)N1c1ccccc1.O=P(Cl)(Cl)Cl.O=c1[nH]ncc2cc(Cl)cnc12. The molecule has 632 valence electrons. The molecule has 13 N–H and O–H groups in total. The number of Topliss-reactive ketones (excluding diaryl/α,β-unsaturated/α-hetero) is 1. The second-order valence-electron chi connectivity index (χ2n) is 26.1. The van der Waals surface area contributed by atoms with Crippen LogP contribution >= 0.6 is 144 Å². The summed E-state index contributed by atoms with van der Waals surface area (Å²) in [6, 6.07) is 40.3. The molecule has 9 aromatic heterocycles. The number of carboxylic acid groups (broad SMARTS) is 1. The molecule has 2 saturated carbocycles. The quantitative estimate of drug-likeness (QED) is 0.0149. The molecule has 4 aromatic carbocycles. The van der Waals surface area contributed by atoms with Crippen LogP contribution in [0.5, 0.6) is 0 Å². The summed E-state index contributed by atoms with van der Waals surface area (Å²) in [6.45, 7) is -1.54. The van der Waals surface area contributed by atoms with Gasteiger partial charge >= 0.3 is 11.2 Å². The predicted molar refractivity (Wildman–Crippen MR) is 473 cm³/mol. The maximum atomic E-state index is 14.8. The molecular weight excluding hydrogens is 1850 g/mol. The molecule has 0 radical (unpaired) electrons. The highest BCUT2D eigenvalue weighted by atomic mass is 36.0. The number of fused-ring (bicyclic) bond motifs is 6. The number of aliphatic hydroxyl groups is 1. The fourth-order valence-corrected chi connectivity index (χ4v) is 16.0. The maximum Gasteiger partial charge on any atom is 0.354 e. The summed E-state index contributed by atoms with van der Waals surface area (Å²) >= 11 is 56.8. The number of nitrogens with zero attached hydrogens (tertiary/aromatic N) is 14. The molecule has 1 amide bonds. The second kappa shape index (κ2) is 43.1. The molecule has 0 spiro atoms. The number of thioether (sulfide) groups is 2. The van der Waals surface area contributed by atoms with Gasteiger partial charge in [0.1, 0.15) is 64.2 Å². The number of carboxylic acids is 1. The molecule has 1 unspecified atom stereocenters. The molecule has 44 heteroatoms. The first-order chi connectivity index (χ1) is 58.2. The highest BCUT2D eigenvalue weighted by Crippen LogP contribution is 2.62. The Hall–Kier alpha value is -9.62. The molecule has 0 bridgehead atoms. The smallest absolute Gasteiger partial charge is 0.354 e. The van der Waals surface area contributed by atoms with Gasteiger partial charge in [0.2, 0.25) is 0 Å². The van der Waals surface area contributed by atoms with Crippen LogP contribution in [-0.2, 0) is 28.5 Å². The van der Waals surface area contributed by atoms with Crippen LogP contribution in [-0.4, -0.2) is 123 Å². The zero-order chi connectivity index (χ0) is 88.3. The normalized spacial score (nSPS) is 18.4. The van der Waals surface area contributed by atoms with Gasteiger partial charge in [0.25, 0.3) is 11.5 Å². The third-order valence-corrected chi connectivity index (χ3v) is 21.9. The molecule has 13 aromatic rings. The van der Waals surface area contributed by atoms with Gasteiger partial charge in [0.15, 0.2) is 27.5 Å². The van der Waals surface area contributed by atoms with Gasteiger partial charge in [0, 0.05) is 117 Å². The lowest BCUT2D eigenvalue weighted by atomic mass is 9.85. The van der Waals surface area contributed by atoms with Crippen molar-refractivity contribution in [1.82, 2.24) is 60.5 Å². The minimum absolute atomic E-state index is 0.00265. The van der Waals surface area contributed by atoms with E-state index in [9.17, 15) is 46.4 Å². The summed E-state index contributed by atoms with van der Waals surface area (Å²) in [5, 5.41) is 43.3. The Labute approximate surface area is 748 Å². The number of aliphatic imine (C=N–C) groups is 2. The lowest BCUT2D eigenvalue weighted by Crippen LogP contribution is -2.36. The standard InChI is InChI=1S/C20H16ClF2N5S.C13H9ClN2O2.C13H10ClNO.C12H13F2N3S.C7H3Cl2N3.C7H4ClN3O.C6H4ClNO2.Cl3OP.H4N2/c21-12-5-11-7-26-28-16(18(11)25-8-12)4-10-1-2-15(23)13(3-10)20(9-22)14-6-17(14)29-19(24)27-20;14-8-6-10-11(15-7-8)13(18)16(12(10)17)9-4-2-1-3-5-9;14-11-6-7-12(15-9-11)13(16)8-10-4-2-1-3-5-10;13-5-12(7-3-6(15)1-2-9(7)14)8-4-10(8)18-11(16)17-12;8-5-1-4-2-11-12-7(9)6(4)10-3-5;8-5-1-4-2-10-11-7(12)6(4)9-3-5;7-4-1-2-5(6(9)10)8-3-4;1-5(2,3)4;1-2/h1-3,5,7-8,14,17H,4,6,9H2,(H2,24,27);1-7,12,17H;1-7,9H,8H2;1-3,8,10H,4-5,15H2,(H2,16,17);1-3H;1-3H,(H,11,12);1-3H,(H,9,10);;1-2H2/t14-,17+,20-;;;8-,10+,12-;;;;;/m1..1...../s1. The van der Waals surface area contributed by atoms with Gasteiger partial charge < -0.3 is 27.4 Å². The van der Waals surface area contributed by atoms with Gasteiger partial charge in [-0.25, -0.2) is 52.4 Å². The number of nitrogen functional groups attached to an aromatic ring is 1. The molecule has 18 rings (SSSR count). The number of carbonyl (C=O) groups excluding carboxylic acids is 2. The number of aromatic nitrogens is 12. The van der Waals surface area contributed by atoms with E-state index >= 15 is 0 Å². The number of nitrogens with two attached hydrogens (primary N) is 5. The highest BCUT2D eigenvalue weighted by Gasteiger charge is 2.60. The van der Waals surface area contributed by atoms with Gasteiger partial charge in [-0.3, -0.25) is 50.5 Å². The minimum Gasteiger partial charge on any atom is -0.477 e. The number of hydrogen-bond acceptors (Lipinski definition) is 26. The molecule has 12 heterocycles. The number of hydrogen-bond donors (Lipinski definition) is 8. The first-order valence-electron chi connectivity index (χ1n) is 35.2. The van der Waals surface area contributed by atoms with Crippen molar-refractivity contribution in [3.05, 3.63) is 309 Å². The number of anilines is 2. The Morgan fingerprint density at radius 1 is 0.549 bits per heavy atom. The topological polar surface area (TPSA) is 441 Å². The molecule has 2 fully saturated rings. The number of alkyl halides is 2. The Morgan fingerprint density at radius 3 is 1.57 bits per heavy atom. The van der Waals surface area contributed by atoms with Crippen molar-refractivity contribution >= 4 is 216 Å². The summed E-state index contributed by atoms with van der Waals surface area (Å²) in [7, 11) is 0. The molecule has 7 atom stereocenters. The zero-order valence-corrected chi connectivity index (χ0v) is 72.4. The van der Waals surface area contributed by atoms with Crippen LogP contribution in [0.2, 0.25) is 35.3 Å². The van der Waals surface area contributed by atoms with E-state index in [1.54, 1.807) is 91.4 Å². The minimum atomic E-state index is -3.22. The van der Waals surface area contributed by atoms with Crippen molar-refractivity contribution in [3.8, 4) is 0 Å². The molecule has 0 saturated heterocycles. The van der Waals surface area contributed by atoms with Crippen LogP contribution in [0.3, 0.4) is 0 Å². The number of pyridine rings is 6. The average Bonchev–Trinajstić information content (AvgIpc) is 1.57. The van der Waals surface area contributed by atoms with Crippen LogP contribution in [0, 0.1) is 23.5 Å². The zero-order valence-electron chi connectivity index (χ0n) is 62.3. The monoisotopic (exact) mass is 1910 g/mol. The third kappa shape index (κ3) is 24.9. The Bertz CT molecular complexity index is 6110. The number of halogens is 14. The number of aromatic amines is 1. The number of amidine groups is 2. The van der Waals surface area contributed by atoms with E-state index in [1.807, 2.05) is 36.4 Å². The number of ketones is 1. The molecule has 3 aliphatic heterocycles.